The minimum atomic E-state index is -4.31. The molecule has 0 aliphatic heterocycles. The van der Waals surface area contributed by atoms with Crippen LogP contribution in [0.2, 0.25) is 0 Å². The summed E-state index contributed by atoms with van der Waals surface area (Å²) < 4.78 is 39.2. The Morgan fingerprint density at radius 2 is 2.13 bits per heavy atom. The number of aryl methyl sites for hydroxylation is 1. The van der Waals surface area contributed by atoms with Gasteiger partial charge in [0.2, 0.25) is 0 Å². The first-order chi connectivity index (χ1) is 6.82. The zero-order valence-corrected chi connectivity index (χ0v) is 9.14. The highest BCUT2D eigenvalue weighted by Crippen LogP contribution is 2.35. The second-order valence-electron chi connectivity index (χ2n) is 3.26. The molecule has 3 nitrogen and oxygen atoms in total. The SMILES string of the molecule is CC(N)C(Sc1nccn1C)C(F)(F)F. The van der Waals surface area contributed by atoms with Crippen LogP contribution >= 0.6 is 11.8 Å². The van der Waals surface area contributed by atoms with E-state index in [0.717, 1.165) is 0 Å². The highest BCUT2D eigenvalue weighted by atomic mass is 32.2. The third kappa shape index (κ3) is 3.13. The Balaban J connectivity index is 2.81. The van der Waals surface area contributed by atoms with Gasteiger partial charge in [-0.1, -0.05) is 11.8 Å². The summed E-state index contributed by atoms with van der Waals surface area (Å²) in [5.74, 6) is 0. The van der Waals surface area contributed by atoms with E-state index in [1.54, 1.807) is 13.2 Å². The molecule has 0 aliphatic carbocycles. The van der Waals surface area contributed by atoms with Crippen LogP contribution in [0.25, 0.3) is 0 Å². The molecule has 1 aromatic heterocycles. The quantitative estimate of drug-likeness (QED) is 0.818. The number of rotatable bonds is 3. The lowest BCUT2D eigenvalue weighted by atomic mass is 10.2. The van der Waals surface area contributed by atoms with Gasteiger partial charge in [0, 0.05) is 25.5 Å². The molecule has 0 aromatic carbocycles. The van der Waals surface area contributed by atoms with E-state index in [0.29, 0.717) is 16.9 Å². The third-order valence-corrected chi connectivity index (χ3v) is 3.36. The fourth-order valence-corrected chi connectivity index (χ4v) is 1.98. The van der Waals surface area contributed by atoms with Gasteiger partial charge in [0.25, 0.3) is 0 Å². The molecule has 0 aliphatic rings. The zero-order valence-electron chi connectivity index (χ0n) is 8.32. The molecule has 0 radical (unpaired) electrons. The number of nitrogens with two attached hydrogens (primary N) is 1. The van der Waals surface area contributed by atoms with Gasteiger partial charge in [0.1, 0.15) is 5.25 Å². The van der Waals surface area contributed by atoms with Crippen molar-refractivity contribution in [2.45, 2.75) is 29.5 Å². The normalized spacial score (nSPS) is 16.4. The smallest absolute Gasteiger partial charge is 0.329 e. The van der Waals surface area contributed by atoms with Crippen molar-refractivity contribution < 1.29 is 13.2 Å². The molecule has 1 aromatic rings. The van der Waals surface area contributed by atoms with E-state index in [1.165, 1.54) is 17.7 Å². The lowest BCUT2D eigenvalue weighted by molar-refractivity contribution is -0.131. The van der Waals surface area contributed by atoms with Crippen molar-refractivity contribution in [3.8, 4) is 0 Å². The first-order valence-corrected chi connectivity index (χ1v) is 5.16. The van der Waals surface area contributed by atoms with Crippen LogP contribution in [0.4, 0.5) is 13.2 Å². The van der Waals surface area contributed by atoms with Gasteiger partial charge in [-0.25, -0.2) is 4.98 Å². The molecule has 2 unspecified atom stereocenters. The standard InChI is InChI=1S/C8H12F3N3S/c1-5(12)6(8(9,10)11)15-7-13-3-4-14(7)2/h3-6H,12H2,1-2H3. The molecule has 7 heteroatoms. The zero-order chi connectivity index (χ0) is 11.6. The highest BCUT2D eigenvalue weighted by molar-refractivity contribution is 7.99. The molecule has 0 fully saturated rings. The molecule has 0 amide bonds. The molecule has 15 heavy (non-hydrogen) atoms. The topological polar surface area (TPSA) is 43.8 Å². The van der Waals surface area contributed by atoms with Crippen molar-refractivity contribution in [3.05, 3.63) is 12.4 Å². The predicted octanol–water partition coefficient (Wildman–Crippen LogP) is 1.79. The Morgan fingerprint density at radius 3 is 2.47 bits per heavy atom. The molecule has 2 atom stereocenters. The summed E-state index contributed by atoms with van der Waals surface area (Å²) in [5.41, 5.74) is 5.31. The Kier molecular flexibility index (Phi) is 3.67. The monoisotopic (exact) mass is 239 g/mol. The number of halogens is 3. The summed E-state index contributed by atoms with van der Waals surface area (Å²) in [5, 5.41) is -1.31. The van der Waals surface area contributed by atoms with Gasteiger partial charge in [-0.05, 0) is 6.92 Å². The number of nitrogens with zero attached hydrogens (tertiary/aromatic N) is 2. The van der Waals surface area contributed by atoms with Gasteiger partial charge in [0.15, 0.2) is 5.16 Å². The maximum atomic E-state index is 12.6. The Labute approximate surface area is 89.9 Å². The van der Waals surface area contributed by atoms with Crippen LogP contribution in [-0.2, 0) is 7.05 Å². The summed E-state index contributed by atoms with van der Waals surface area (Å²) in [6.07, 6.45) is -1.27. The lowest BCUT2D eigenvalue weighted by Crippen LogP contribution is -2.40. The number of hydrogen-bond donors (Lipinski definition) is 1. The molecule has 86 valence electrons. The largest absolute Gasteiger partial charge is 0.402 e. The van der Waals surface area contributed by atoms with Crippen LogP contribution in [-0.4, -0.2) is 27.0 Å². The predicted molar refractivity (Wildman–Crippen MR) is 52.6 cm³/mol. The van der Waals surface area contributed by atoms with Crippen molar-refractivity contribution in [2.24, 2.45) is 12.8 Å². The summed E-state index contributed by atoms with van der Waals surface area (Å²) in [7, 11) is 1.64. The molecule has 1 heterocycles. The molecule has 0 saturated heterocycles. The number of thioether (sulfide) groups is 1. The molecule has 1 rings (SSSR count). The fraction of sp³-hybridized carbons (Fsp3) is 0.625. The fourth-order valence-electron chi connectivity index (χ4n) is 1.05. The minimum Gasteiger partial charge on any atom is -0.329 e. The second kappa shape index (κ2) is 4.44. The summed E-state index contributed by atoms with van der Waals surface area (Å²) in [4.78, 5) is 3.82. The molecular formula is C8H12F3N3S. The van der Waals surface area contributed by atoms with Crippen molar-refractivity contribution >= 4 is 11.8 Å². The van der Waals surface area contributed by atoms with E-state index in [2.05, 4.69) is 4.98 Å². The van der Waals surface area contributed by atoms with Gasteiger partial charge in [-0.3, -0.25) is 0 Å². The number of alkyl halides is 3. The average Bonchev–Trinajstić information content (AvgIpc) is 2.44. The maximum absolute atomic E-state index is 12.6. The van der Waals surface area contributed by atoms with Crippen LogP contribution in [0, 0.1) is 0 Å². The van der Waals surface area contributed by atoms with Crippen LogP contribution in [0.1, 0.15) is 6.92 Å². The molecule has 0 bridgehead atoms. The minimum absolute atomic E-state index is 0.314. The third-order valence-electron chi connectivity index (χ3n) is 1.81. The maximum Gasteiger partial charge on any atom is 0.402 e. The van der Waals surface area contributed by atoms with Crippen molar-refractivity contribution in [1.82, 2.24) is 9.55 Å². The van der Waals surface area contributed by atoms with Gasteiger partial charge in [-0.2, -0.15) is 13.2 Å². The Bertz CT molecular complexity index is 321. The van der Waals surface area contributed by atoms with Crippen LogP contribution in [0.5, 0.6) is 0 Å². The van der Waals surface area contributed by atoms with E-state index in [-0.39, 0.29) is 0 Å². The summed E-state index contributed by atoms with van der Waals surface area (Å²) in [6.45, 7) is 1.34. The average molecular weight is 239 g/mol. The van der Waals surface area contributed by atoms with E-state index >= 15 is 0 Å². The highest BCUT2D eigenvalue weighted by Gasteiger charge is 2.43. The first kappa shape index (κ1) is 12.4. The van der Waals surface area contributed by atoms with Gasteiger partial charge < -0.3 is 10.3 Å². The van der Waals surface area contributed by atoms with Crippen molar-refractivity contribution in [2.75, 3.05) is 0 Å². The van der Waals surface area contributed by atoms with E-state index in [1.807, 2.05) is 0 Å². The number of hydrogen-bond acceptors (Lipinski definition) is 3. The molecular weight excluding hydrogens is 227 g/mol. The first-order valence-electron chi connectivity index (χ1n) is 4.28. The van der Waals surface area contributed by atoms with Crippen molar-refractivity contribution in [1.29, 1.82) is 0 Å². The van der Waals surface area contributed by atoms with E-state index in [9.17, 15) is 13.2 Å². The van der Waals surface area contributed by atoms with Crippen molar-refractivity contribution in [3.63, 3.8) is 0 Å². The molecule has 2 N–H and O–H groups in total. The molecule has 0 saturated carbocycles. The van der Waals surface area contributed by atoms with Crippen LogP contribution in [0.3, 0.4) is 0 Å². The summed E-state index contributed by atoms with van der Waals surface area (Å²) >= 11 is 0.639. The van der Waals surface area contributed by atoms with Crippen LogP contribution in [0.15, 0.2) is 17.6 Å². The van der Waals surface area contributed by atoms with E-state index in [4.69, 9.17) is 5.73 Å². The number of imidazole rings is 1. The lowest BCUT2D eigenvalue weighted by Gasteiger charge is -2.22. The van der Waals surface area contributed by atoms with Gasteiger partial charge in [-0.15, -0.1) is 0 Å². The van der Waals surface area contributed by atoms with Crippen LogP contribution < -0.4 is 5.73 Å². The summed E-state index contributed by atoms with van der Waals surface area (Å²) in [6, 6.07) is -0.966. The molecule has 0 spiro atoms. The second-order valence-corrected chi connectivity index (χ2v) is 4.37. The van der Waals surface area contributed by atoms with E-state index < -0.39 is 17.5 Å². The Hall–Kier alpha value is -0.690. The van der Waals surface area contributed by atoms with Gasteiger partial charge >= 0.3 is 6.18 Å². The Morgan fingerprint density at radius 1 is 1.53 bits per heavy atom. The van der Waals surface area contributed by atoms with Gasteiger partial charge in [0.05, 0.1) is 0 Å². The number of aromatic nitrogens is 2.